The van der Waals surface area contributed by atoms with Gasteiger partial charge < -0.3 is 19.2 Å². The first-order chi connectivity index (χ1) is 11.1. The number of carbonyl (C=O) groups excluding carboxylic acids is 1. The third-order valence-electron chi connectivity index (χ3n) is 2.96. The maximum absolute atomic E-state index is 11.6. The van der Waals surface area contributed by atoms with E-state index in [1.165, 1.54) is 17.4 Å². The molecule has 0 radical (unpaired) electrons. The lowest BCUT2D eigenvalue weighted by atomic mass is 10.2. The average Bonchev–Trinajstić information content (AvgIpc) is 2.86. The van der Waals surface area contributed by atoms with Gasteiger partial charge in [0, 0.05) is 6.08 Å². The summed E-state index contributed by atoms with van der Waals surface area (Å²) >= 11 is 6.55. The van der Waals surface area contributed by atoms with Crippen LogP contribution in [0.3, 0.4) is 0 Å². The van der Waals surface area contributed by atoms with Crippen molar-refractivity contribution >= 4 is 41.7 Å². The third-order valence-corrected chi connectivity index (χ3v) is 4.16. The summed E-state index contributed by atoms with van der Waals surface area (Å²) in [6, 6.07) is 5.58. The van der Waals surface area contributed by atoms with Crippen LogP contribution >= 0.6 is 23.6 Å². The van der Waals surface area contributed by atoms with E-state index in [4.69, 9.17) is 26.4 Å². The summed E-state index contributed by atoms with van der Waals surface area (Å²) in [4.78, 5) is 14.6. The molecule has 0 unspecified atom stereocenters. The quantitative estimate of drug-likeness (QED) is 0.659. The summed E-state index contributed by atoms with van der Waals surface area (Å²) in [5.74, 6) is 0.888. The Morgan fingerprint density at radius 1 is 1.30 bits per heavy atom. The fourth-order valence-corrected chi connectivity index (χ4v) is 3.12. The second-order valence-electron chi connectivity index (χ2n) is 4.45. The first-order valence-corrected chi connectivity index (χ1v) is 8.11. The Labute approximate surface area is 142 Å². The number of aromatic nitrogens is 1. The highest BCUT2D eigenvalue weighted by Crippen LogP contribution is 2.27. The van der Waals surface area contributed by atoms with Crippen LogP contribution in [-0.2, 0) is 9.53 Å². The summed E-state index contributed by atoms with van der Waals surface area (Å²) in [5, 5.41) is 0.633. The molecule has 5 nitrogen and oxygen atoms in total. The standard InChI is InChI=1S/C16H17NO4S2/c1-4-21-15(18)9-11-14(23-16(22)17-11)8-10-5-6-12(19-2)13(7-10)20-3/h5-9H,4H2,1-3H3,(H,17,22)/b11-9-,14-8-. The highest BCUT2D eigenvalue weighted by atomic mass is 32.1. The van der Waals surface area contributed by atoms with Crippen LogP contribution in [0.2, 0.25) is 0 Å². The maximum Gasteiger partial charge on any atom is 0.332 e. The largest absolute Gasteiger partial charge is 0.493 e. The molecule has 1 heterocycles. The number of benzene rings is 1. The second kappa shape index (κ2) is 7.94. The van der Waals surface area contributed by atoms with Crippen molar-refractivity contribution in [3.8, 4) is 11.5 Å². The van der Waals surface area contributed by atoms with Crippen molar-refractivity contribution in [1.82, 2.24) is 4.98 Å². The van der Waals surface area contributed by atoms with Crippen molar-refractivity contribution in [2.45, 2.75) is 6.92 Å². The molecule has 0 fully saturated rings. The molecule has 1 N–H and O–H groups in total. The van der Waals surface area contributed by atoms with E-state index in [9.17, 15) is 4.79 Å². The molecule has 2 rings (SSSR count). The molecule has 1 aromatic heterocycles. The van der Waals surface area contributed by atoms with E-state index in [2.05, 4.69) is 4.98 Å². The molecular weight excluding hydrogens is 334 g/mol. The van der Waals surface area contributed by atoms with Crippen molar-refractivity contribution in [2.24, 2.45) is 0 Å². The van der Waals surface area contributed by atoms with Crippen molar-refractivity contribution in [1.29, 1.82) is 0 Å². The van der Waals surface area contributed by atoms with Crippen LogP contribution in [-0.4, -0.2) is 31.8 Å². The molecule has 1 aromatic carbocycles. The molecule has 0 aliphatic rings. The molecular formula is C16H17NO4S2. The van der Waals surface area contributed by atoms with Gasteiger partial charge in [0.2, 0.25) is 0 Å². The number of rotatable bonds is 5. The number of esters is 1. The number of aromatic amines is 1. The van der Waals surface area contributed by atoms with E-state index in [0.29, 0.717) is 27.4 Å². The van der Waals surface area contributed by atoms with Crippen molar-refractivity contribution in [3.05, 3.63) is 37.6 Å². The predicted octanol–water partition coefficient (Wildman–Crippen LogP) is 2.00. The molecule has 0 aliphatic carbocycles. The highest BCUT2D eigenvalue weighted by Gasteiger charge is 2.04. The van der Waals surface area contributed by atoms with Crippen LogP contribution in [0, 0.1) is 3.95 Å². The monoisotopic (exact) mass is 351 g/mol. The van der Waals surface area contributed by atoms with Gasteiger partial charge in [-0.15, -0.1) is 11.3 Å². The summed E-state index contributed by atoms with van der Waals surface area (Å²) < 4.78 is 16.9. The Morgan fingerprint density at radius 3 is 2.70 bits per heavy atom. The third kappa shape index (κ3) is 4.43. The molecule has 122 valence electrons. The van der Waals surface area contributed by atoms with Gasteiger partial charge in [0.25, 0.3) is 0 Å². The van der Waals surface area contributed by atoms with Crippen LogP contribution < -0.4 is 19.4 Å². The number of ether oxygens (including phenoxy) is 3. The number of thiazole rings is 1. The van der Waals surface area contributed by atoms with Gasteiger partial charge in [-0.3, -0.25) is 0 Å². The number of hydrogen-bond donors (Lipinski definition) is 1. The summed E-state index contributed by atoms with van der Waals surface area (Å²) in [6.07, 6.45) is 3.33. The fraction of sp³-hybridized carbons (Fsp3) is 0.250. The fourth-order valence-electron chi connectivity index (χ4n) is 1.96. The smallest absolute Gasteiger partial charge is 0.332 e. The second-order valence-corrected chi connectivity index (χ2v) is 6.17. The topological polar surface area (TPSA) is 60.6 Å². The predicted molar refractivity (Wildman–Crippen MR) is 93.0 cm³/mol. The average molecular weight is 351 g/mol. The van der Waals surface area contributed by atoms with E-state index in [0.717, 1.165) is 10.1 Å². The van der Waals surface area contributed by atoms with Crippen LogP contribution in [0.15, 0.2) is 18.2 Å². The van der Waals surface area contributed by atoms with Crippen LogP contribution in [0.25, 0.3) is 12.2 Å². The molecule has 0 spiro atoms. The molecule has 0 aliphatic heterocycles. The lowest BCUT2D eigenvalue weighted by Crippen LogP contribution is -2.23. The van der Waals surface area contributed by atoms with Gasteiger partial charge in [0.05, 0.1) is 30.7 Å². The van der Waals surface area contributed by atoms with E-state index in [1.54, 1.807) is 21.1 Å². The summed E-state index contributed by atoms with van der Waals surface area (Å²) in [6.45, 7) is 2.09. The zero-order valence-corrected chi connectivity index (χ0v) is 14.7. The minimum atomic E-state index is -0.404. The maximum atomic E-state index is 11.6. The number of hydrogen-bond acceptors (Lipinski definition) is 6. The summed E-state index contributed by atoms with van der Waals surface area (Å²) in [7, 11) is 3.17. The van der Waals surface area contributed by atoms with Gasteiger partial charge in [-0.05, 0) is 42.9 Å². The molecule has 0 saturated carbocycles. The highest BCUT2D eigenvalue weighted by molar-refractivity contribution is 7.73. The van der Waals surface area contributed by atoms with E-state index in [1.807, 2.05) is 24.3 Å². The zero-order chi connectivity index (χ0) is 16.8. The molecule has 2 aromatic rings. The Bertz CT molecular complexity index is 867. The van der Waals surface area contributed by atoms with Gasteiger partial charge in [0.15, 0.2) is 15.5 Å². The van der Waals surface area contributed by atoms with Gasteiger partial charge in [-0.2, -0.15) is 0 Å². The van der Waals surface area contributed by atoms with Crippen LogP contribution in [0.4, 0.5) is 0 Å². The molecule has 0 atom stereocenters. The Hall–Kier alpha value is -2.12. The number of methoxy groups -OCH3 is 2. The SMILES string of the molecule is CCOC(=O)/C=c1\[nH]c(=S)s\c1=C/c1ccc(OC)c(OC)c1. The van der Waals surface area contributed by atoms with Gasteiger partial charge in [-0.1, -0.05) is 6.07 Å². The normalized spacial score (nSPS) is 12.3. The Kier molecular flexibility index (Phi) is 5.95. The summed E-state index contributed by atoms with van der Waals surface area (Å²) in [5.41, 5.74) is 0.909. The number of H-pyrrole nitrogens is 1. The van der Waals surface area contributed by atoms with Gasteiger partial charge >= 0.3 is 5.97 Å². The Balaban J connectivity index is 2.52. The van der Waals surface area contributed by atoms with Crippen molar-refractivity contribution in [3.63, 3.8) is 0 Å². The molecule has 7 heteroatoms. The lowest BCUT2D eigenvalue weighted by Gasteiger charge is -2.07. The first-order valence-electron chi connectivity index (χ1n) is 6.88. The van der Waals surface area contributed by atoms with Gasteiger partial charge in [0.1, 0.15) is 0 Å². The van der Waals surface area contributed by atoms with E-state index < -0.39 is 5.97 Å². The van der Waals surface area contributed by atoms with Crippen molar-refractivity contribution in [2.75, 3.05) is 20.8 Å². The van der Waals surface area contributed by atoms with Crippen molar-refractivity contribution < 1.29 is 19.0 Å². The molecule has 23 heavy (non-hydrogen) atoms. The number of carbonyl (C=O) groups is 1. The van der Waals surface area contributed by atoms with E-state index >= 15 is 0 Å². The first kappa shape index (κ1) is 17.2. The van der Waals surface area contributed by atoms with E-state index in [-0.39, 0.29) is 0 Å². The number of nitrogens with one attached hydrogen (secondary N) is 1. The van der Waals surface area contributed by atoms with Gasteiger partial charge in [-0.25, -0.2) is 4.79 Å². The molecule has 0 saturated heterocycles. The van der Waals surface area contributed by atoms with Crippen LogP contribution in [0.1, 0.15) is 12.5 Å². The molecule has 0 bridgehead atoms. The lowest BCUT2D eigenvalue weighted by molar-refractivity contribution is -0.135. The molecule has 0 amide bonds. The van der Waals surface area contributed by atoms with Crippen LogP contribution in [0.5, 0.6) is 11.5 Å². The zero-order valence-electron chi connectivity index (χ0n) is 13.0. The minimum absolute atomic E-state index is 0.328. The Morgan fingerprint density at radius 2 is 2.04 bits per heavy atom. The minimum Gasteiger partial charge on any atom is -0.493 e.